The third-order valence-electron chi connectivity index (χ3n) is 1.73. The van der Waals surface area contributed by atoms with E-state index in [1.807, 2.05) is 0 Å². The van der Waals surface area contributed by atoms with Gasteiger partial charge in [-0.1, -0.05) is 5.16 Å². The summed E-state index contributed by atoms with van der Waals surface area (Å²) in [5.74, 6) is -0.621. The molecule has 1 aromatic heterocycles. The van der Waals surface area contributed by atoms with Gasteiger partial charge in [0.15, 0.2) is 11.3 Å². The largest absolute Gasteiger partial charge is 0.399 e. The lowest BCUT2D eigenvalue weighted by Crippen LogP contribution is -2.11. The Morgan fingerprint density at radius 3 is 2.92 bits per heavy atom. The van der Waals surface area contributed by atoms with Crippen LogP contribution in [0.2, 0.25) is 0 Å². The van der Waals surface area contributed by atoms with Crippen LogP contribution in [-0.2, 0) is 0 Å². The van der Waals surface area contributed by atoms with Crippen LogP contribution in [0.3, 0.4) is 0 Å². The van der Waals surface area contributed by atoms with E-state index in [0.29, 0.717) is 16.7 Å². The van der Waals surface area contributed by atoms with Gasteiger partial charge in [0, 0.05) is 5.69 Å². The van der Waals surface area contributed by atoms with E-state index in [-0.39, 0.29) is 5.69 Å². The second-order valence-corrected chi connectivity index (χ2v) is 2.65. The lowest BCUT2D eigenvalue weighted by Gasteiger charge is -1.91. The Hall–Kier alpha value is -2.04. The number of aromatic nitrogens is 1. The number of hydrogen-bond acceptors (Lipinski definition) is 4. The third kappa shape index (κ3) is 1.10. The first-order valence-corrected chi connectivity index (χ1v) is 3.63. The number of nitrogens with two attached hydrogens (primary N) is 2. The van der Waals surface area contributed by atoms with Gasteiger partial charge in [0.25, 0.3) is 5.91 Å². The minimum absolute atomic E-state index is 0.113. The fraction of sp³-hybridized carbons (Fsp3) is 0. The molecule has 0 radical (unpaired) electrons. The smallest absolute Gasteiger partial charge is 0.271 e. The number of nitrogen functional groups attached to an aromatic ring is 1. The van der Waals surface area contributed by atoms with E-state index in [1.165, 1.54) is 0 Å². The van der Waals surface area contributed by atoms with Crippen LogP contribution in [0.5, 0.6) is 0 Å². The van der Waals surface area contributed by atoms with Gasteiger partial charge in [-0.05, 0) is 18.2 Å². The van der Waals surface area contributed by atoms with Gasteiger partial charge < -0.3 is 16.0 Å². The molecule has 0 atom stereocenters. The van der Waals surface area contributed by atoms with Gasteiger partial charge in [0.1, 0.15) is 0 Å². The van der Waals surface area contributed by atoms with Crippen molar-refractivity contribution in [2.24, 2.45) is 5.73 Å². The van der Waals surface area contributed by atoms with Gasteiger partial charge in [0.05, 0.1) is 5.39 Å². The molecule has 0 unspecified atom stereocenters. The van der Waals surface area contributed by atoms with Gasteiger partial charge in [-0.2, -0.15) is 0 Å². The Labute approximate surface area is 73.3 Å². The highest BCUT2D eigenvalue weighted by molar-refractivity contribution is 6.03. The molecule has 0 fully saturated rings. The molecular formula is C8H7N3O2. The number of rotatable bonds is 1. The normalized spacial score (nSPS) is 10.5. The number of anilines is 1. The Bertz CT molecular complexity index is 475. The van der Waals surface area contributed by atoms with Crippen LogP contribution < -0.4 is 11.5 Å². The summed E-state index contributed by atoms with van der Waals surface area (Å²) in [4.78, 5) is 10.8. The summed E-state index contributed by atoms with van der Waals surface area (Å²) in [5, 5.41) is 4.08. The van der Waals surface area contributed by atoms with Crippen molar-refractivity contribution in [2.75, 3.05) is 5.73 Å². The highest BCUT2D eigenvalue weighted by Crippen LogP contribution is 2.20. The molecule has 0 saturated heterocycles. The number of amides is 1. The molecule has 1 amide bonds. The minimum Gasteiger partial charge on any atom is -0.399 e. The lowest BCUT2D eigenvalue weighted by molar-refractivity contribution is 0.0993. The second-order valence-electron chi connectivity index (χ2n) is 2.65. The van der Waals surface area contributed by atoms with Crippen LogP contribution in [0, 0.1) is 0 Å². The highest BCUT2D eigenvalue weighted by atomic mass is 16.5. The van der Waals surface area contributed by atoms with Gasteiger partial charge in [-0.25, -0.2) is 0 Å². The van der Waals surface area contributed by atoms with Crippen molar-refractivity contribution in [3.8, 4) is 0 Å². The van der Waals surface area contributed by atoms with Gasteiger partial charge in [-0.3, -0.25) is 4.79 Å². The standard InChI is InChI=1S/C8H7N3O2/c9-4-1-2-6-5(3-4)7(8(10)12)11-13-6/h1-3H,9H2,(H2,10,12). The topological polar surface area (TPSA) is 95.1 Å². The van der Waals surface area contributed by atoms with Crippen LogP contribution in [0.1, 0.15) is 10.5 Å². The molecule has 0 aliphatic carbocycles. The number of fused-ring (bicyclic) bond motifs is 1. The van der Waals surface area contributed by atoms with Crippen LogP contribution in [0.15, 0.2) is 22.7 Å². The Morgan fingerprint density at radius 1 is 1.46 bits per heavy atom. The van der Waals surface area contributed by atoms with E-state index in [9.17, 15) is 4.79 Å². The molecule has 0 aliphatic heterocycles. The Morgan fingerprint density at radius 2 is 2.23 bits per heavy atom. The summed E-state index contributed by atoms with van der Waals surface area (Å²) in [6.07, 6.45) is 0. The second kappa shape index (κ2) is 2.48. The van der Waals surface area contributed by atoms with Gasteiger partial charge >= 0.3 is 0 Å². The van der Waals surface area contributed by atoms with Crippen LogP contribution >= 0.6 is 0 Å². The van der Waals surface area contributed by atoms with Crippen LogP contribution in [0.25, 0.3) is 11.0 Å². The molecule has 5 nitrogen and oxygen atoms in total. The van der Waals surface area contributed by atoms with E-state index < -0.39 is 5.91 Å². The van der Waals surface area contributed by atoms with Gasteiger partial charge in [-0.15, -0.1) is 0 Å². The first-order valence-electron chi connectivity index (χ1n) is 3.63. The summed E-state index contributed by atoms with van der Waals surface area (Å²) < 4.78 is 4.86. The fourth-order valence-electron chi connectivity index (χ4n) is 1.13. The maximum absolute atomic E-state index is 10.8. The summed E-state index contributed by atoms with van der Waals surface area (Å²) in [6.45, 7) is 0. The summed E-state index contributed by atoms with van der Waals surface area (Å²) >= 11 is 0. The van der Waals surface area contributed by atoms with E-state index in [0.717, 1.165) is 0 Å². The van der Waals surface area contributed by atoms with Gasteiger partial charge in [0.2, 0.25) is 0 Å². The van der Waals surface area contributed by atoms with Crippen molar-refractivity contribution < 1.29 is 9.32 Å². The zero-order valence-corrected chi connectivity index (χ0v) is 6.65. The molecule has 0 bridgehead atoms. The van der Waals surface area contributed by atoms with E-state index >= 15 is 0 Å². The molecule has 4 N–H and O–H groups in total. The first-order chi connectivity index (χ1) is 6.18. The molecule has 2 aromatic rings. The zero-order valence-electron chi connectivity index (χ0n) is 6.65. The molecule has 5 heteroatoms. The van der Waals surface area contributed by atoms with Crippen molar-refractivity contribution in [2.45, 2.75) is 0 Å². The fourth-order valence-corrected chi connectivity index (χ4v) is 1.13. The van der Waals surface area contributed by atoms with Crippen molar-refractivity contribution in [3.05, 3.63) is 23.9 Å². The molecule has 0 spiro atoms. The Balaban J connectivity index is 2.79. The lowest BCUT2D eigenvalue weighted by atomic mass is 10.2. The van der Waals surface area contributed by atoms with Crippen LogP contribution in [-0.4, -0.2) is 11.1 Å². The molecule has 1 aromatic carbocycles. The highest BCUT2D eigenvalue weighted by Gasteiger charge is 2.12. The molecular weight excluding hydrogens is 170 g/mol. The maximum Gasteiger partial charge on any atom is 0.271 e. The predicted octanol–water partition coefficient (Wildman–Crippen LogP) is 0.509. The summed E-state index contributed by atoms with van der Waals surface area (Å²) in [7, 11) is 0. The number of nitrogens with zero attached hydrogens (tertiary/aromatic N) is 1. The Kier molecular flexibility index (Phi) is 1.45. The number of carbonyl (C=O) groups is 1. The average Bonchev–Trinajstić information content (AvgIpc) is 2.46. The van der Waals surface area contributed by atoms with E-state index in [1.54, 1.807) is 18.2 Å². The zero-order chi connectivity index (χ0) is 9.42. The molecule has 66 valence electrons. The number of hydrogen-bond donors (Lipinski definition) is 2. The summed E-state index contributed by atoms with van der Waals surface area (Å²) in [5.41, 5.74) is 11.8. The molecule has 0 saturated carbocycles. The monoisotopic (exact) mass is 177 g/mol. The average molecular weight is 177 g/mol. The van der Waals surface area contributed by atoms with E-state index in [4.69, 9.17) is 16.0 Å². The molecule has 0 aliphatic rings. The third-order valence-corrected chi connectivity index (χ3v) is 1.73. The van der Waals surface area contributed by atoms with Crippen molar-refractivity contribution in [3.63, 3.8) is 0 Å². The molecule has 1 heterocycles. The van der Waals surface area contributed by atoms with Crippen molar-refractivity contribution in [1.82, 2.24) is 5.16 Å². The number of primary amides is 1. The van der Waals surface area contributed by atoms with Crippen molar-refractivity contribution >= 4 is 22.6 Å². The predicted molar refractivity (Wildman–Crippen MR) is 46.9 cm³/mol. The SMILES string of the molecule is NC(=O)c1noc2ccc(N)cc12. The van der Waals surface area contributed by atoms with Crippen LogP contribution in [0.4, 0.5) is 5.69 Å². The number of carbonyl (C=O) groups excluding carboxylic acids is 1. The number of benzene rings is 1. The molecule has 13 heavy (non-hydrogen) atoms. The van der Waals surface area contributed by atoms with E-state index in [2.05, 4.69) is 5.16 Å². The quantitative estimate of drug-likeness (QED) is 0.620. The minimum atomic E-state index is -0.621. The maximum atomic E-state index is 10.8. The van der Waals surface area contributed by atoms with Crippen molar-refractivity contribution in [1.29, 1.82) is 0 Å². The first kappa shape index (κ1) is 7.60. The summed E-state index contributed by atoms with van der Waals surface area (Å²) in [6, 6.07) is 4.91. The molecule has 2 rings (SSSR count).